The predicted molar refractivity (Wildman–Crippen MR) is 116 cm³/mol. The molecular formula is C25H20FN3O2. The molecule has 1 aromatic heterocycles. The van der Waals surface area contributed by atoms with E-state index >= 15 is 0 Å². The Balaban J connectivity index is 1.55. The van der Waals surface area contributed by atoms with Crippen molar-refractivity contribution in [3.63, 3.8) is 0 Å². The molecule has 0 aliphatic heterocycles. The summed E-state index contributed by atoms with van der Waals surface area (Å²) in [6.07, 6.45) is 4.81. The van der Waals surface area contributed by atoms with Crippen LogP contribution in [0.25, 0.3) is 11.1 Å². The molecule has 0 radical (unpaired) electrons. The second kappa shape index (κ2) is 9.17. The van der Waals surface area contributed by atoms with E-state index in [1.165, 1.54) is 18.2 Å². The van der Waals surface area contributed by atoms with Crippen LogP contribution in [-0.2, 0) is 6.54 Å². The SMILES string of the molecule is O=C(NC(Cn1ccnc1)C(=O)c1ccccc1F)c1ccc(-c2ccccc2)cc1. The van der Waals surface area contributed by atoms with Crippen molar-refractivity contribution >= 4 is 11.7 Å². The third-order valence-electron chi connectivity index (χ3n) is 4.97. The molecule has 1 unspecified atom stereocenters. The van der Waals surface area contributed by atoms with Crippen LogP contribution in [0.3, 0.4) is 0 Å². The maximum absolute atomic E-state index is 14.2. The molecule has 0 spiro atoms. The van der Waals surface area contributed by atoms with E-state index in [9.17, 15) is 14.0 Å². The van der Waals surface area contributed by atoms with Crippen LogP contribution < -0.4 is 5.32 Å². The van der Waals surface area contributed by atoms with Gasteiger partial charge in [-0.2, -0.15) is 0 Å². The van der Waals surface area contributed by atoms with Crippen molar-refractivity contribution in [3.05, 3.63) is 115 Å². The lowest BCUT2D eigenvalue weighted by Gasteiger charge is -2.19. The molecule has 6 heteroatoms. The van der Waals surface area contributed by atoms with Gasteiger partial charge in [0, 0.05) is 18.0 Å². The Labute approximate surface area is 179 Å². The molecule has 0 bridgehead atoms. The summed E-state index contributed by atoms with van der Waals surface area (Å²) < 4.78 is 15.9. The minimum absolute atomic E-state index is 0.0626. The first-order chi connectivity index (χ1) is 15.1. The average Bonchev–Trinajstić information content (AvgIpc) is 3.32. The van der Waals surface area contributed by atoms with Gasteiger partial charge in [-0.05, 0) is 35.4 Å². The zero-order chi connectivity index (χ0) is 21.6. The first-order valence-corrected chi connectivity index (χ1v) is 9.82. The van der Waals surface area contributed by atoms with Gasteiger partial charge >= 0.3 is 0 Å². The summed E-state index contributed by atoms with van der Waals surface area (Å²) in [4.78, 5) is 29.8. The zero-order valence-electron chi connectivity index (χ0n) is 16.6. The minimum Gasteiger partial charge on any atom is -0.340 e. The van der Waals surface area contributed by atoms with Gasteiger partial charge in [0.2, 0.25) is 0 Å². The van der Waals surface area contributed by atoms with Crippen molar-refractivity contribution in [2.75, 3.05) is 0 Å². The van der Waals surface area contributed by atoms with E-state index in [-0.39, 0.29) is 12.1 Å². The number of carbonyl (C=O) groups excluding carboxylic acids is 2. The Morgan fingerprint density at radius 3 is 2.26 bits per heavy atom. The number of Topliss-reactive ketones (excluding diaryl/α,β-unsaturated/α-hetero) is 1. The number of aromatic nitrogens is 2. The summed E-state index contributed by atoms with van der Waals surface area (Å²) in [5, 5.41) is 2.75. The lowest BCUT2D eigenvalue weighted by Crippen LogP contribution is -2.44. The van der Waals surface area contributed by atoms with Gasteiger partial charge in [-0.25, -0.2) is 9.37 Å². The Hall–Kier alpha value is -4.06. The smallest absolute Gasteiger partial charge is 0.251 e. The molecule has 0 fully saturated rings. The van der Waals surface area contributed by atoms with Gasteiger partial charge in [0.15, 0.2) is 5.78 Å². The van der Waals surface area contributed by atoms with Crippen molar-refractivity contribution < 1.29 is 14.0 Å². The molecule has 154 valence electrons. The first-order valence-electron chi connectivity index (χ1n) is 9.82. The van der Waals surface area contributed by atoms with E-state index in [0.29, 0.717) is 5.56 Å². The molecule has 1 atom stereocenters. The molecule has 4 rings (SSSR count). The average molecular weight is 413 g/mol. The van der Waals surface area contributed by atoms with Crippen molar-refractivity contribution in [1.82, 2.24) is 14.9 Å². The summed E-state index contributed by atoms with van der Waals surface area (Å²) in [7, 11) is 0. The van der Waals surface area contributed by atoms with E-state index in [1.54, 1.807) is 41.5 Å². The highest BCUT2D eigenvalue weighted by atomic mass is 19.1. The van der Waals surface area contributed by atoms with E-state index in [1.807, 2.05) is 42.5 Å². The zero-order valence-corrected chi connectivity index (χ0v) is 16.6. The molecule has 0 saturated carbocycles. The molecule has 4 aromatic rings. The predicted octanol–water partition coefficient (Wildman–Crippen LogP) is 4.37. The maximum Gasteiger partial charge on any atom is 0.251 e. The van der Waals surface area contributed by atoms with E-state index in [2.05, 4.69) is 10.3 Å². The Kier molecular flexibility index (Phi) is 5.98. The van der Waals surface area contributed by atoms with Gasteiger partial charge in [0.05, 0.1) is 18.4 Å². The number of amides is 1. The van der Waals surface area contributed by atoms with Crippen LogP contribution in [0.1, 0.15) is 20.7 Å². The number of carbonyl (C=O) groups is 2. The van der Waals surface area contributed by atoms with Gasteiger partial charge in [-0.3, -0.25) is 9.59 Å². The normalized spacial score (nSPS) is 11.6. The van der Waals surface area contributed by atoms with E-state index in [0.717, 1.165) is 11.1 Å². The second-order valence-corrected chi connectivity index (χ2v) is 7.07. The van der Waals surface area contributed by atoms with Gasteiger partial charge in [-0.15, -0.1) is 0 Å². The summed E-state index contributed by atoms with van der Waals surface area (Å²) >= 11 is 0. The summed E-state index contributed by atoms with van der Waals surface area (Å²) in [6, 6.07) is 21.7. The fourth-order valence-corrected chi connectivity index (χ4v) is 3.33. The van der Waals surface area contributed by atoms with Crippen molar-refractivity contribution in [2.45, 2.75) is 12.6 Å². The molecule has 3 aromatic carbocycles. The van der Waals surface area contributed by atoms with Gasteiger partial charge in [0.1, 0.15) is 11.9 Å². The summed E-state index contributed by atoms with van der Waals surface area (Å²) in [5.41, 5.74) is 2.38. The van der Waals surface area contributed by atoms with Crippen molar-refractivity contribution in [2.24, 2.45) is 0 Å². The largest absolute Gasteiger partial charge is 0.340 e. The number of nitrogens with one attached hydrogen (secondary N) is 1. The molecular weight excluding hydrogens is 393 g/mol. The quantitative estimate of drug-likeness (QED) is 0.458. The molecule has 1 N–H and O–H groups in total. The Morgan fingerprint density at radius 1 is 0.903 bits per heavy atom. The van der Waals surface area contributed by atoms with Crippen LogP contribution >= 0.6 is 0 Å². The summed E-state index contributed by atoms with van der Waals surface area (Å²) in [6.45, 7) is 0.140. The molecule has 0 saturated heterocycles. The van der Waals surface area contributed by atoms with Crippen LogP contribution in [0.2, 0.25) is 0 Å². The standard InChI is InChI=1S/C25H20FN3O2/c26-22-9-5-4-8-21(22)24(30)23(16-29-15-14-27-17-29)28-25(31)20-12-10-19(11-13-20)18-6-2-1-3-7-18/h1-15,17,23H,16H2,(H,28,31). The second-order valence-electron chi connectivity index (χ2n) is 7.07. The monoisotopic (exact) mass is 413 g/mol. The first kappa shape index (κ1) is 20.2. The van der Waals surface area contributed by atoms with Gasteiger partial charge in [-0.1, -0.05) is 54.6 Å². The number of imidazole rings is 1. The van der Waals surface area contributed by atoms with Crippen molar-refractivity contribution in [1.29, 1.82) is 0 Å². The third-order valence-corrected chi connectivity index (χ3v) is 4.97. The molecule has 1 amide bonds. The number of hydrogen-bond donors (Lipinski definition) is 1. The molecule has 0 aliphatic carbocycles. The highest BCUT2D eigenvalue weighted by Crippen LogP contribution is 2.19. The highest BCUT2D eigenvalue weighted by Gasteiger charge is 2.25. The molecule has 5 nitrogen and oxygen atoms in total. The number of rotatable bonds is 7. The van der Waals surface area contributed by atoms with Crippen LogP contribution in [0, 0.1) is 5.82 Å². The van der Waals surface area contributed by atoms with Crippen LogP contribution in [0.5, 0.6) is 0 Å². The van der Waals surface area contributed by atoms with Crippen LogP contribution in [0.4, 0.5) is 4.39 Å². The van der Waals surface area contributed by atoms with E-state index in [4.69, 9.17) is 0 Å². The lowest BCUT2D eigenvalue weighted by atomic mass is 10.0. The fourth-order valence-electron chi connectivity index (χ4n) is 3.33. The fraction of sp³-hybridized carbons (Fsp3) is 0.0800. The summed E-state index contributed by atoms with van der Waals surface area (Å²) in [5.74, 6) is -1.53. The topological polar surface area (TPSA) is 64.0 Å². The number of halogens is 1. The number of hydrogen-bond acceptors (Lipinski definition) is 3. The molecule has 0 aliphatic rings. The van der Waals surface area contributed by atoms with Gasteiger partial charge < -0.3 is 9.88 Å². The van der Waals surface area contributed by atoms with Crippen molar-refractivity contribution in [3.8, 4) is 11.1 Å². The molecule has 1 heterocycles. The van der Waals surface area contributed by atoms with E-state index < -0.39 is 23.5 Å². The third kappa shape index (κ3) is 4.75. The Morgan fingerprint density at radius 2 is 1.58 bits per heavy atom. The number of ketones is 1. The minimum atomic E-state index is -0.951. The number of nitrogens with zero attached hydrogens (tertiary/aromatic N) is 2. The Bertz CT molecular complexity index is 1170. The number of benzene rings is 3. The van der Waals surface area contributed by atoms with Gasteiger partial charge in [0.25, 0.3) is 5.91 Å². The highest BCUT2D eigenvalue weighted by molar-refractivity contribution is 6.04. The maximum atomic E-state index is 14.2. The van der Waals surface area contributed by atoms with Crippen LogP contribution in [0.15, 0.2) is 97.6 Å². The molecule has 31 heavy (non-hydrogen) atoms. The van der Waals surface area contributed by atoms with Crippen LogP contribution in [-0.4, -0.2) is 27.3 Å². The lowest BCUT2D eigenvalue weighted by molar-refractivity contribution is 0.0845.